The van der Waals surface area contributed by atoms with Crippen LogP contribution in [-0.2, 0) is 9.59 Å². The molecule has 1 aliphatic heterocycles. The van der Waals surface area contributed by atoms with Crippen molar-refractivity contribution >= 4 is 11.9 Å². The van der Waals surface area contributed by atoms with Crippen LogP contribution < -0.4 is 0 Å². The Balaban J connectivity index is 2.15. The topological polar surface area (TPSA) is 77.8 Å². The van der Waals surface area contributed by atoms with Crippen molar-refractivity contribution in [2.24, 2.45) is 11.3 Å². The van der Waals surface area contributed by atoms with Gasteiger partial charge in [0, 0.05) is 18.9 Å². The molecule has 1 heterocycles. The minimum atomic E-state index is -1.02. The molecular formula is C13H21NO4. The number of aliphatic hydroxyl groups is 1. The fourth-order valence-corrected chi connectivity index (χ4v) is 3.28. The van der Waals surface area contributed by atoms with Crippen molar-refractivity contribution in [3.05, 3.63) is 0 Å². The number of likely N-dealkylation sites (tertiary alicyclic amines) is 1. The molecule has 0 radical (unpaired) electrons. The first kappa shape index (κ1) is 13.3. The molecule has 2 aliphatic rings. The van der Waals surface area contributed by atoms with Gasteiger partial charge in [0.15, 0.2) is 0 Å². The summed E-state index contributed by atoms with van der Waals surface area (Å²) in [6, 6.07) is -0.858. The smallest absolute Gasteiger partial charge is 0.326 e. The minimum Gasteiger partial charge on any atom is -0.480 e. The minimum absolute atomic E-state index is 0.0618. The maximum absolute atomic E-state index is 12.5. The number of aliphatic hydroxyl groups excluding tert-OH is 1. The summed E-state index contributed by atoms with van der Waals surface area (Å²) < 4.78 is 0. The maximum atomic E-state index is 12.5. The first-order valence-corrected chi connectivity index (χ1v) is 6.54. The molecule has 1 unspecified atom stereocenters. The second-order valence-corrected chi connectivity index (χ2v) is 6.17. The van der Waals surface area contributed by atoms with E-state index in [0.29, 0.717) is 0 Å². The van der Waals surface area contributed by atoms with Crippen molar-refractivity contribution < 1.29 is 19.8 Å². The largest absolute Gasteiger partial charge is 0.480 e. The Morgan fingerprint density at radius 1 is 1.33 bits per heavy atom. The zero-order chi connectivity index (χ0) is 13.5. The van der Waals surface area contributed by atoms with Crippen LogP contribution in [0.25, 0.3) is 0 Å². The molecule has 0 spiro atoms. The van der Waals surface area contributed by atoms with Crippen molar-refractivity contribution in [2.45, 2.75) is 51.7 Å². The van der Waals surface area contributed by atoms with E-state index in [4.69, 9.17) is 5.11 Å². The molecule has 18 heavy (non-hydrogen) atoms. The van der Waals surface area contributed by atoms with E-state index in [2.05, 4.69) is 13.8 Å². The van der Waals surface area contributed by atoms with Crippen molar-refractivity contribution in [2.75, 3.05) is 6.54 Å². The summed E-state index contributed by atoms with van der Waals surface area (Å²) in [5.74, 6) is -1.22. The summed E-state index contributed by atoms with van der Waals surface area (Å²) >= 11 is 0. The second-order valence-electron chi connectivity index (χ2n) is 6.17. The van der Waals surface area contributed by atoms with Gasteiger partial charge in [-0.1, -0.05) is 20.3 Å². The van der Waals surface area contributed by atoms with Crippen molar-refractivity contribution in [3.63, 3.8) is 0 Å². The highest BCUT2D eigenvalue weighted by molar-refractivity contribution is 5.86. The van der Waals surface area contributed by atoms with Gasteiger partial charge < -0.3 is 15.1 Å². The lowest BCUT2D eigenvalue weighted by Crippen LogP contribution is -2.45. The van der Waals surface area contributed by atoms with Crippen LogP contribution in [0, 0.1) is 11.3 Å². The molecule has 0 aromatic rings. The third-order valence-corrected chi connectivity index (χ3v) is 4.40. The van der Waals surface area contributed by atoms with Crippen molar-refractivity contribution in [1.82, 2.24) is 4.90 Å². The number of hydrogen-bond acceptors (Lipinski definition) is 3. The third-order valence-electron chi connectivity index (χ3n) is 4.40. The van der Waals surface area contributed by atoms with Gasteiger partial charge in [-0.2, -0.15) is 0 Å². The number of carbonyl (C=O) groups is 2. The van der Waals surface area contributed by atoms with Gasteiger partial charge in [0.2, 0.25) is 5.91 Å². The summed E-state index contributed by atoms with van der Waals surface area (Å²) in [6.45, 7) is 4.28. The quantitative estimate of drug-likeness (QED) is 0.767. The fraction of sp³-hybridized carbons (Fsp3) is 0.846. The Morgan fingerprint density at radius 3 is 2.50 bits per heavy atom. The van der Waals surface area contributed by atoms with E-state index in [-0.39, 0.29) is 30.2 Å². The number of nitrogens with zero attached hydrogens (tertiary/aromatic N) is 1. The molecule has 1 saturated heterocycles. The number of amides is 1. The number of carboxylic acids is 1. The van der Waals surface area contributed by atoms with Crippen LogP contribution >= 0.6 is 0 Å². The normalized spacial score (nSPS) is 34.8. The Morgan fingerprint density at radius 2 is 2.00 bits per heavy atom. The molecule has 1 saturated carbocycles. The Labute approximate surface area is 107 Å². The van der Waals surface area contributed by atoms with E-state index in [1.165, 1.54) is 4.90 Å². The van der Waals surface area contributed by atoms with Gasteiger partial charge in [-0.15, -0.1) is 0 Å². The SMILES string of the molecule is CC1(C)CCCC1C(=O)N1C[C@H](O)C[C@@H]1C(=O)O. The lowest BCUT2D eigenvalue weighted by Gasteiger charge is -2.31. The van der Waals surface area contributed by atoms with Gasteiger partial charge >= 0.3 is 5.97 Å². The molecule has 102 valence electrons. The second kappa shape index (κ2) is 4.53. The summed E-state index contributed by atoms with van der Waals surface area (Å²) in [5.41, 5.74) is -0.0618. The standard InChI is InChI=1S/C13H21NO4/c1-13(2)5-3-4-9(13)11(16)14-7-8(15)6-10(14)12(17)18/h8-10,15H,3-7H2,1-2H3,(H,17,18)/t8-,9?,10-/m1/s1. The molecule has 2 fully saturated rings. The highest BCUT2D eigenvalue weighted by atomic mass is 16.4. The van der Waals surface area contributed by atoms with E-state index < -0.39 is 18.1 Å². The van der Waals surface area contributed by atoms with Crippen LogP contribution in [0.15, 0.2) is 0 Å². The summed E-state index contributed by atoms with van der Waals surface area (Å²) in [7, 11) is 0. The van der Waals surface area contributed by atoms with Gasteiger partial charge in [-0.25, -0.2) is 4.79 Å². The van der Waals surface area contributed by atoms with E-state index in [1.54, 1.807) is 0 Å². The highest BCUT2D eigenvalue weighted by Crippen LogP contribution is 2.44. The maximum Gasteiger partial charge on any atom is 0.326 e. The fourth-order valence-electron chi connectivity index (χ4n) is 3.28. The van der Waals surface area contributed by atoms with Crippen molar-refractivity contribution in [3.8, 4) is 0 Å². The Bertz CT molecular complexity index is 366. The molecule has 5 heteroatoms. The third kappa shape index (κ3) is 2.23. The van der Waals surface area contributed by atoms with Gasteiger partial charge in [-0.3, -0.25) is 4.79 Å². The van der Waals surface area contributed by atoms with Crippen LogP contribution in [-0.4, -0.2) is 45.7 Å². The number of carbonyl (C=O) groups excluding carboxylic acids is 1. The molecule has 0 aromatic heterocycles. The van der Waals surface area contributed by atoms with Crippen LogP contribution in [0.5, 0.6) is 0 Å². The van der Waals surface area contributed by atoms with Crippen LogP contribution in [0.1, 0.15) is 39.5 Å². The monoisotopic (exact) mass is 255 g/mol. The van der Waals surface area contributed by atoms with Gasteiger partial charge in [-0.05, 0) is 18.3 Å². The first-order valence-electron chi connectivity index (χ1n) is 6.54. The van der Waals surface area contributed by atoms with E-state index in [9.17, 15) is 14.7 Å². The lowest BCUT2D eigenvalue weighted by atomic mass is 9.81. The molecule has 1 aliphatic carbocycles. The summed E-state index contributed by atoms with van der Waals surface area (Å²) in [5, 5.41) is 18.7. The number of rotatable bonds is 2. The molecule has 2 N–H and O–H groups in total. The predicted molar refractivity (Wildman–Crippen MR) is 64.9 cm³/mol. The van der Waals surface area contributed by atoms with Crippen LogP contribution in [0.4, 0.5) is 0 Å². The van der Waals surface area contributed by atoms with E-state index >= 15 is 0 Å². The summed E-state index contributed by atoms with van der Waals surface area (Å²) in [4.78, 5) is 25.0. The Hall–Kier alpha value is -1.10. The molecule has 5 nitrogen and oxygen atoms in total. The van der Waals surface area contributed by atoms with Crippen molar-refractivity contribution in [1.29, 1.82) is 0 Å². The average Bonchev–Trinajstić information content (AvgIpc) is 2.80. The highest BCUT2D eigenvalue weighted by Gasteiger charge is 2.46. The van der Waals surface area contributed by atoms with Crippen LogP contribution in [0.2, 0.25) is 0 Å². The number of carboxylic acid groups (broad SMARTS) is 1. The number of hydrogen-bond donors (Lipinski definition) is 2. The zero-order valence-corrected chi connectivity index (χ0v) is 10.9. The predicted octanol–water partition coefficient (Wildman–Crippen LogP) is 0.859. The molecule has 0 aromatic carbocycles. The number of aliphatic carboxylic acids is 1. The molecule has 1 amide bonds. The number of β-amino-alcohol motifs (C(OH)–C–C–N with tert-alkyl or cyclic N) is 1. The molecular weight excluding hydrogens is 234 g/mol. The molecule has 0 bridgehead atoms. The van der Waals surface area contributed by atoms with E-state index in [1.807, 2.05) is 0 Å². The van der Waals surface area contributed by atoms with Gasteiger partial charge in [0.1, 0.15) is 6.04 Å². The molecule has 3 atom stereocenters. The molecule has 2 rings (SSSR count). The lowest BCUT2D eigenvalue weighted by molar-refractivity contribution is -0.151. The zero-order valence-electron chi connectivity index (χ0n) is 10.9. The summed E-state index contributed by atoms with van der Waals surface area (Å²) in [6.07, 6.45) is 2.27. The van der Waals surface area contributed by atoms with Gasteiger partial charge in [0.25, 0.3) is 0 Å². The first-order chi connectivity index (χ1) is 8.33. The van der Waals surface area contributed by atoms with Gasteiger partial charge in [0.05, 0.1) is 6.10 Å². The average molecular weight is 255 g/mol. The Kier molecular flexibility index (Phi) is 3.36. The van der Waals surface area contributed by atoms with E-state index in [0.717, 1.165) is 19.3 Å². The van der Waals surface area contributed by atoms with Crippen LogP contribution in [0.3, 0.4) is 0 Å².